The van der Waals surface area contributed by atoms with E-state index in [4.69, 9.17) is 4.98 Å². The van der Waals surface area contributed by atoms with Gasteiger partial charge in [-0.2, -0.15) is 0 Å². The molecule has 0 N–H and O–H groups in total. The van der Waals surface area contributed by atoms with Crippen molar-refractivity contribution in [2.24, 2.45) is 0 Å². The van der Waals surface area contributed by atoms with Crippen LogP contribution in [0.4, 0.5) is 0 Å². The molecule has 120 valence electrons. The number of aromatic nitrogens is 2. The first kappa shape index (κ1) is 14.2. The smallest absolute Gasteiger partial charge is 0.138 e. The lowest BCUT2D eigenvalue weighted by Gasteiger charge is -2.11. The summed E-state index contributed by atoms with van der Waals surface area (Å²) in [4.78, 5) is 4.98. The van der Waals surface area contributed by atoms with Gasteiger partial charge in [-0.15, -0.1) is 0 Å². The second-order valence-corrected chi connectivity index (χ2v) is 6.69. The van der Waals surface area contributed by atoms with Gasteiger partial charge in [0.25, 0.3) is 0 Å². The molecule has 2 heteroatoms. The van der Waals surface area contributed by atoms with Gasteiger partial charge in [0.05, 0.1) is 16.6 Å². The Bertz CT molecular complexity index is 1210. The highest BCUT2D eigenvalue weighted by Gasteiger charge is 2.13. The van der Waals surface area contributed by atoms with Crippen LogP contribution in [0.2, 0.25) is 0 Å². The number of aryl methyl sites for hydroxylation is 2. The fraction of sp³-hybridized carbons (Fsp3) is 0.0870. The molecular weight excluding hydrogens is 304 g/mol. The summed E-state index contributed by atoms with van der Waals surface area (Å²) in [6.45, 7) is 4.29. The number of para-hydroxylation sites is 2. The summed E-state index contributed by atoms with van der Waals surface area (Å²) in [5.74, 6) is 0.978. The zero-order valence-electron chi connectivity index (χ0n) is 14.3. The number of fused-ring (bicyclic) bond motifs is 4. The Morgan fingerprint density at radius 3 is 2.00 bits per heavy atom. The highest BCUT2D eigenvalue weighted by molar-refractivity contribution is 6.09. The molecule has 25 heavy (non-hydrogen) atoms. The Balaban J connectivity index is 1.92. The molecule has 5 aromatic rings. The van der Waals surface area contributed by atoms with E-state index in [0.29, 0.717) is 0 Å². The number of benzene rings is 3. The summed E-state index contributed by atoms with van der Waals surface area (Å²) in [6, 6.07) is 25.8. The molecular formula is C23H18N2. The number of rotatable bonds is 1. The molecule has 5 rings (SSSR count). The minimum absolute atomic E-state index is 0.978. The number of hydrogen-bond donors (Lipinski definition) is 0. The van der Waals surface area contributed by atoms with Gasteiger partial charge in [0.15, 0.2) is 0 Å². The molecule has 0 atom stereocenters. The Hall–Kier alpha value is -3.13. The minimum atomic E-state index is 0.978. The van der Waals surface area contributed by atoms with Crippen LogP contribution in [0.15, 0.2) is 72.8 Å². The minimum Gasteiger partial charge on any atom is -0.294 e. The lowest BCUT2D eigenvalue weighted by molar-refractivity contribution is 1.09. The van der Waals surface area contributed by atoms with Gasteiger partial charge in [0.2, 0.25) is 0 Å². The van der Waals surface area contributed by atoms with Gasteiger partial charge in [-0.1, -0.05) is 48.0 Å². The van der Waals surface area contributed by atoms with E-state index in [9.17, 15) is 0 Å². The van der Waals surface area contributed by atoms with Gasteiger partial charge in [0, 0.05) is 16.2 Å². The molecule has 0 amide bonds. The van der Waals surface area contributed by atoms with Crippen LogP contribution in [-0.2, 0) is 0 Å². The lowest BCUT2D eigenvalue weighted by Crippen LogP contribution is -1.99. The van der Waals surface area contributed by atoms with Crippen LogP contribution in [-0.4, -0.2) is 9.55 Å². The average Bonchev–Trinajstić information content (AvgIpc) is 2.97. The lowest BCUT2D eigenvalue weighted by atomic mass is 10.1. The van der Waals surface area contributed by atoms with Crippen LogP contribution in [0, 0.1) is 13.8 Å². The Morgan fingerprint density at radius 1 is 0.680 bits per heavy atom. The van der Waals surface area contributed by atoms with Crippen molar-refractivity contribution >= 4 is 32.7 Å². The van der Waals surface area contributed by atoms with Gasteiger partial charge >= 0.3 is 0 Å². The molecule has 0 fully saturated rings. The molecule has 2 nitrogen and oxygen atoms in total. The van der Waals surface area contributed by atoms with Crippen molar-refractivity contribution in [3.05, 3.63) is 83.9 Å². The van der Waals surface area contributed by atoms with Crippen LogP contribution in [0.5, 0.6) is 0 Å². The highest BCUT2D eigenvalue weighted by Crippen LogP contribution is 2.32. The summed E-state index contributed by atoms with van der Waals surface area (Å²) < 4.78 is 2.27. The molecule has 0 bridgehead atoms. The Morgan fingerprint density at radius 2 is 1.32 bits per heavy atom. The quantitative estimate of drug-likeness (QED) is 0.373. The number of nitrogens with zero attached hydrogens (tertiary/aromatic N) is 2. The maximum atomic E-state index is 4.98. The fourth-order valence-electron chi connectivity index (χ4n) is 3.77. The highest BCUT2D eigenvalue weighted by atomic mass is 15.1. The first-order chi connectivity index (χ1) is 12.2. The zero-order valence-corrected chi connectivity index (χ0v) is 14.3. The first-order valence-corrected chi connectivity index (χ1v) is 8.59. The molecule has 0 saturated carbocycles. The van der Waals surface area contributed by atoms with E-state index >= 15 is 0 Å². The van der Waals surface area contributed by atoms with E-state index in [0.717, 1.165) is 11.3 Å². The zero-order chi connectivity index (χ0) is 17.0. The molecule has 0 aliphatic rings. The van der Waals surface area contributed by atoms with Crippen molar-refractivity contribution in [1.82, 2.24) is 9.55 Å². The molecule has 2 heterocycles. The summed E-state index contributed by atoms with van der Waals surface area (Å²) in [5, 5.41) is 3.76. The average molecular weight is 322 g/mol. The predicted molar refractivity (Wildman–Crippen MR) is 106 cm³/mol. The summed E-state index contributed by atoms with van der Waals surface area (Å²) in [6.07, 6.45) is 0. The maximum absolute atomic E-state index is 4.98. The van der Waals surface area contributed by atoms with Crippen molar-refractivity contribution in [3.63, 3.8) is 0 Å². The van der Waals surface area contributed by atoms with Crippen molar-refractivity contribution in [3.8, 4) is 5.82 Å². The molecule has 3 aromatic carbocycles. The molecule has 0 radical (unpaired) electrons. The van der Waals surface area contributed by atoms with Crippen LogP contribution in [0.1, 0.15) is 11.1 Å². The molecule has 0 spiro atoms. The van der Waals surface area contributed by atoms with Crippen molar-refractivity contribution in [2.45, 2.75) is 13.8 Å². The SMILES string of the molecule is Cc1ccc2nc(-n3c4ccccc4c4ccccc43)cc(C)c2c1. The molecule has 2 aromatic heterocycles. The van der Waals surface area contributed by atoms with Crippen molar-refractivity contribution in [2.75, 3.05) is 0 Å². The standard InChI is InChI=1S/C23H18N2/c1-15-11-12-20-19(13-15)16(2)14-23(24-20)25-21-9-5-3-7-17(21)18-8-4-6-10-22(18)25/h3-14H,1-2H3. The molecule has 0 aliphatic heterocycles. The molecule has 0 unspecified atom stereocenters. The van der Waals surface area contributed by atoms with E-state index in [1.807, 2.05) is 0 Å². The van der Waals surface area contributed by atoms with Gasteiger partial charge in [-0.3, -0.25) is 4.57 Å². The van der Waals surface area contributed by atoms with Crippen LogP contribution in [0.3, 0.4) is 0 Å². The first-order valence-electron chi connectivity index (χ1n) is 8.59. The third-order valence-corrected chi connectivity index (χ3v) is 4.97. The fourth-order valence-corrected chi connectivity index (χ4v) is 3.77. The summed E-state index contributed by atoms with van der Waals surface area (Å²) in [7, 11) is 0. The second-order valence-electron chi connectivity index (χ2n) is 6.69. The second kappa shape index (κ2) is 5.18. The summed E-state index contributed by atoms with van der Waals surface area (Å²) in [5.41, 5.74) is 5.96. The topological polar surface area (TPSA) is 17.8 Å². The van der Waals surface area contributed by atoms with Gasteiger partial charge in [-0.25, -0.2) is 4.98 Å². The van der Waals surface area contributed by atoms with Crippen LogP contribution < -0.4 is 0 Å². The molecule has 0 saturated heterocycles. The number of pyridine rings is 1. The van der Waals surface area contributed by atoms with Crippen LogP contribution >= 0.6 is 0 Å². The predicted octanol–water partition coefficient (Wildman–Crippen LogP) is 5.95. The van der Waals surface area contributed by atoms with Gasteiger partial charge in [0.1, 0.15) is 5.82 Å². The third-order valence-electron chi connectivity index (χ3n) is 4.97. The van der Waals surface area contributed by atoms with Gasteiger partial charge in [-0.05, 0) is 49.7 Å². The normalized spacial score (nSPS) is 11.6. The Kier molecular flexibility index (Phi) is 2.95. The van der Waals surface area contributed by atoms with E-state index in [2.05, 4.69) is 91.2 Å². The maximum Gasteiger partial charge on any atom is 0.138 e. The summed E-state index contributed by atoms with van der Waals surface area (Å²) >= 11 is 0. The molecule has 0 aliphatic carbocycles. The van der Waals surface area contributed by atoms with E-state index in [-0.39, 0.29) is 0 Å². The van der Waals surface area contributed by atoms with Crippen molar-refractivity contribution < 1.29 is 0 Å². The third kappa shape index (κ3) is 2.07. The monoisotopic (exact) mass is 322 g/mol. The van der Waals surface area contributed by atoms with E-state index in [1.165, 1.54) is 38.3 Å². The van der Waals surface area contributed by atoms with Crippen molar-refractivity contribution in [1.29, 1.82) is 0 Å². The van der Waals surface area contributed by atoms with Crippen LogP contribution in [0.25, 0.3) is 38.5 Å². The van der Waals surface area contributed by atoms with E-state index < -0.39 is 0 Å². The van der Waals surface area contributed by atoms with Gasteiger partial charge < -0.3 is 0 Å². The number of hydrogen-bond acceptors (Lipinski definition) is 1. The largest absolute Gasteiger partial charge is 0.294 e. The van der Waals surface area contributed by atoms with E-state index in [1.54, 1.807) is 0 Å². The Labute approximate surface area is 146 Å².